The van der Waals surface area contributed by atoms with Gasteiger partial charge in [-0.1, -0.05) is 34.6 Å². The van der Waals surface area contributed by atoms with Gasteiger partial charge in [-0.15, -0.1) is 0 Å². The molecule has 0 aliphatic carbocycles. The summed E-state index contributed by atoms with van der Waals surface area (Å²) in [4.78, 5) is 12.0. The number of rotatable bonds is 4. The second kappa shape index (κ2) is 5.53. The molecule has 0 aromatic carbocycles. The summed E-state index contributed by atoms with van der Waals surface area (Å²) in [5.74, 6) is 0.741. The van der Waals surface area contributed by atoms with E-state index in [1.165, 1.54) is 0 Å². The Morgan fingerprint density at radius 3 is 1.87 bits per heavy atom. The van der Waals surface area contributed by atoms with Crippen molar-refractivity contribution in [1.29, 1.82) is 0 Å². The second-order valence-corrected chi connectivity index (χ2v) is 6.28. The van der Waals surface area contributed by atoms with Crippen LogP contribution in [0.3, 0.4) is 0 Å². The minimum atomic E-state index is 0.132. The number of carbonyl (C=O) groups excluding carboxylic acids is 1. The molecule has 0 saturated heterocycles. The maximum absolute atomic E-state index is 12.0. The van der Waals surface area contributed by atoms with E-state index in [0.29, 0.717) is 5.92 Å². The largest absolute Gasteiger partial charge is 0.354 e. The Labute approximate surface area is 94.8 Å². The maximum atomic E-state index is 12.0. The molecule has 0 aromatic rings. The molecule has 2 heteroatoms. The van der Waals surface area contributed by atoms with Gasteiger partial charge in [0.2, 0.25) is 5.91 Å². The van der Waals surface area contributed by atoms with Crippen molar-refractivity contribution < 1.29 is 4.79 Å². The van der Waals surface area contributed by atoms with E-state index >= 15 is 0 Å². The highest BCUT2D eigenvalue weighted by Gasteiger charge is 2.27. The van der Waals surface area contributed by atoms with Gasteiger partial charge < -0.3 is 5.32 Å². The van der Waals surface area contributed by atoms with Crippen molar-refractivity contribution in [3.05, 3.63) is 0 Å². The Bertz CT molecular complexity index is 201. The lowest BCUT2D eigenvalue weighted by molar-refractivity contribution is -0.127. The van der Waals surface area contributed by atoms with E-state index in [1.807, 2.05) is 13.8 Å². The van der Waals surface area contributed by atoms with Crippen molar-refractivity contribution in [2.24, 2.45) is 17.3 Å². The first-order valence-corrected chi connectivity index (χ1v) is 5.94. The zero-order valence-electron chi connectivity index (χ0n) is 11.3. The number of nitrogens with one attached hydrogen (secondary N) is 1. The summed E-state index contributed by atoms with van der Waals surface area (Å²) in [7, 11) is 0. The molecule has 1 N–H and O–H groups in total. The molecule has 0 aromatic heterocycles. The summed E-state index contributed by atoms with van der Waals surface area (Å²) < 4.78 is 0. The summed E-state index contributed by atoms with van der Waals surface area (Å²) in [6.45, 7) is 14.8. The fraction of sp³-hybridized carbons (Fsp3) is 0.923. The average molecular weight is 213 g/mol. The Kier molecular flexibility index (Phi) is 5.33. The number of carbonyl (C=O) groups is 1. The van der Waals surface area contributed by atoms with Gasteiger partial charge in [0.25, 0.3) is 0 Å². The van der Waals surface area contributed by atoms with Crippen LogP contribution in [0.25, 0.3) is 0 Å². The Morgan fingerprint density at radius 2 is 1.60 bits per heavy atom. The minimum absolute atomic E-state index is 0.132. The van der Waals surface area contributed by atoms with Gasteiger partial charge in [0.15, 0.2) is 0 Å². The van der Waals surface area contributed by atoms with Gasteiger partial charge in [0.1, 0.15) is 0 Å². The molecule has 1 atom stereocenters. The zero-order valence-corrected chi connectivity index (χ0v) is 11.3. The fourth-order valence-electron chi connectivity index (χ4n) is 1.68. The van der Waals surface area contributed by atoms with Crippen LogP contribution in [-0.4, -0.2) is 11.9 Å². The molecule has 0 radical (unpaired) electrons. The summed E-state index contributed by atoms with van der Waals surface area (Å²) in [6.07, 6.45) is 0.948. The SMILES string of the molecule is CC(C)NC(=O)C(CC(C)(C)C)C(C)C. The van der Waals surface area contributed by atoms with Gasteiger partial charge in [-0.25, -0.2) is 0 Å². The van der Waals surface area contributed by atoms with Crippen LogP contribution in [0.5, 0.6) is 0 Å². The molecule has 15 heavy (non-hydrogen) atoms. The van der Waals surface area contributed by atoms with E-state index in [-0.39, 0.29) is 23.3 Å². The van der Waals surface area contributed by atoms with Crippen LogP contribution < -0.4 is 5.32 Å². The third kappa shape index (κ3) is 6.53. The first-order valence-electron chi connectivity index (χ1n) is 5.94. The number of hydrogen-bond donors (Lipinski definition) is 1. The highest BCUT2D eigenvalue weighted by Crippen LogP contribution is 2.29. The van der Waals surface area contributed by atoms with Crippen molar-refractivity contribution in [2.45, 2.75) is 60.9 Å². The zero-order chi connectivity index (χ0) is 12.2. The molecule has 0 bridgehead atoms. The number of amides is 1. The van der Waals surface area contributed by atoms with Crippen LogP contribution in [0.4, 0.5) is 0 Å². The average Bonchev–Trinajstić information content (AvgIpc) is 1.96. The Balaban J connectivity index is 4.46. The van der Waals surface area contributed by atoms with Crippen molar-refractivity contribution in [3.63, 3.8) is 0 Å². The summed E-state index contributed by atoms with van der Waals surface area (Å²) >= 11 is 0. The normalized spacial score (nSPS) is 14.5. The van der Waals surface area contributed by atoms with Crippen LogP contribution in [0.2, 0.25) is 0 Å². The molecule has 1 amide bonds. The number of hydrogen-bond acceptors (Lipinski definition) is 1. The maximum Gasteiger partial charge on any atom is 0.223 e. The molecule has 0 aliphatic rings. The van der Waals surface area contributed by atoms with Crippen molar-refractivity contribution in [2.75, 3.05) is 0 Å². The topological polar surface area (TPSA) is 29.1 Å². The van der Waals surface area contributed by atoms with E-state index in [2.05, 4.69) is 39.9 Å². The summed E-state index contributed by atoms with van der Waals surface area (Å²) in [6, 6.07) is 0.235. The van der Waals surface area contributed by atoms with Gasteiger partial charge in [0.05, 0.1) is 0 Å². The summed E-state index contributed by atoms with van der Waals surface area (Å²) in [5, 5.41) is 3.01. The summed E-state index contributed by atoms with van der Waals surface area (Å²) in [5.41, 5.74) is 0.212. The van der Waals surface area contributed by atoms with Crippen LogP contribution >= 0.6 is 0 Å². The minimum Gasteiger partial charge on any atom is -0.354 e. The highest BCUT2D eigenvalue weighted by molar-refractivity contribution is 5.79. The molecule has 0 aliphatic heterocycles. The first-order chi connectivity index (χ1) is 6.63. The lowest BCUT2D eigenvalue weighted by Crippen LogP contribution is -2.39. The van der Waals surface area contributed by atoms with Gasteiger partial charge in [-0.2, -0.15) is 0 Å². The molecule has 0 heterocycles. The van der Waals surface area contributed by atoms with E-state index < -0.39 is 0 Å². The third-order valence-electron chi connectivity index (χ3n) is 2.40. The predicted octanol–water partition coefficient (Wildman–Crippen LogP) is 3.22. The molecule has 90 valence electrons. The van der Waals surface area contributed by atoms with Crippen molar-refractivity contribution >= 4 is 5.91 Å². The molecular weight excluding hydrogens is 186 g/mol. The van der Waals surface area contributed by atoms with E-state index in [0.717, 1.165) is 6.42 Å². The Hall–Kier alpha value is -0.530. The molecule has 0 fully saturated rings. The van der Waals surface area contributed by atoms with Gasteiger partial charge in [0, 0.05) is 12.0 Å². The molecule has 1 unspecified atom stereocenters. The predicted molar refractivity (Wildman–Crippen MR) is 65.7 cm³/mol. The van der Waals surface area contributed by atoms with Crippen molar-refractivity contribution in [3.8, 4) is 0 Å². The molecule has 0 saturated carbocycles. The molecule has 0 spiro atoms. The lowest BCUT2D eigenvalue weighted by atomic mass is 9.79. The van der Waals surface area contributed by atoms with E-state index in [9.17, 15) is 4.79 Å². The first kappa shape index (κ1) is 14.5. The third-order valence-corrected chi connectivity index (χ3v) is 2.40. The van der Waals surface area contributed by atoms with Crippen LogP contribution in [0.15, 0.2) is 0 Å². The van der Waals surface area contributed by atoms with Crippen LogP contribution in [0, 0.1) is 17.3 Å². The van der Waals surface area contributed by atoms with E-state index in [1.54, 1.807) is 0 Å². The van der Waals surface area contributed by atoms with Crippen LogP contribution in [0.1, 0.15) is 54.9 Å². The molecule has 2 nitrogen and oxygen atoms in total. The highest BCUT2D eigenvalue weighted by atomic mass is 16.1. The molecule has 0 rings (SSSR count). The standard InChI is InChI=1S/C13H27NO/c1-9(2)11(8-13(5,6)7)12(15)14-10(3)4/h9-11H,8H2,1-7H3,(H,14,15). The monoisotopic (exact) mass is 213 g/mol. The smallest absolute Gasteiger partial charge is 0.223 e. The van der Waals surface area contributed by atoms with Gasteiger partial charge in [-0.3, -0.25) is 4.79 Å². The van der Waals surface area contributed by atoms with Crippen LogP contribution in [-0.2, 0) is 4.79 Å². The van der Waals surface area contributed by atoms with Gasteiger partial charge >= 0.3 is 0 Å². The molecular formula is C13H27NO. The second-order valence-electron chi connectivity index (χ2n) is 6.28. The Morgan fingerprint density at radius 1 is 1.13 bits per heavy atom. The lowest BCUT2D eigenvalue weighted by Gasteiger charge is -2.28. The van der Waals surface area contributed by atoms with Gasteiger partial charge in [-0.05, 0) is 31.6 Å². The van der Waals surface area contributed by atoms with Crippen molar-refractivity contribution in [1.82, 2.24) is 5.32 Å². The fourth-order valence-corrected chi connectivity index (χ4v) is 1.68. The quantitative estimate of drug-likeness (QED) is 0.763. The van der Waals surface area contributed by atoms with E-state index in [4.69, 9.17) is 0 Å².